The van der Waals surface area contributed by atoms with Gasteiger partial charge in [0.15, 0.2) is 5.78 Å². The maximum Gasteiger partial charge on any atom is 0.166 e. The van der Waals surface area contributed by atoms with Crippen LogP contribution in [0.1, 0.15) is 55.5 Å². The summed E-state index contributed by atoms with van der Waals surface area (Å²) in [4.78, 5) is 12.8. The number of hydrogen-bond donors (Lipinski definition) is 0. The third-order valence-electron chi connectivity index (χ3n) is 5.42. The zero-order chi connectivity index (χ0) is 13.9. The topological polar surface area (TPSA) is 26.3 Å². The van der Waals surface area contributed by atoms with Crippen molar-refractivity contribution in [1.82, 2.24) is 0 Å². The minimum absolute atomic E-state index is 0.129. The van der Waals surface area contributed by atoms with Crippen LogP contribution in [0.3, 0.4) is 0 Å². The zero-order valence-electron chi connectivity index (χ0n) is 12.3. The van der Waals surface area contributed by atoms with Crippen LogP contribution in [0.4, 0.5) is 0 Å². The van der Waals surface area contributed by atoms with Gasteiger partial charge < -0.3 is 4.74 Å². The molecule has 0 N–H and O–H groups in total. The van der Waals surface area contributed by atoms with Gasteiger partial charge in [0.1, 0.15) is 11.4 Å². The van der Waals surface area contributed by atoms with Gasteiger partial charge in [0.2, 0.25) is 0 Å². The SMILES string of the molecule is CC1(C)Cc2cc(C(=O)C3CC4CCC3C4)ccc2O1. The molecular formula is C18H22O2. The van der Waals surface area contributed by atoms with E-state index in [9.17, 15) is 4.79 Å². The minimum atomic E-state index is -0.129. The third-order valence-corrected chi connectivity index (χ3v) is 5.42. The molecule has 1 aliphatic heterocycles. The van der Waals surface area contributed by atoms with Crippen molar-refractivity contribution in [2.75, 3.05) is 0 Å². The molecule has 1 aromatic carbocycles. The molecule has 0 amide bonds. The average Bonchev–Trinajstić information content (AvgIpc) is 3.07. The monoisotopic (exact) mass is 270 g/mol. The van der Waals surface area contributed by atoms with E-state index >= 15 is 0 Å². The van der Waals surface area contributed by atoms with Crippen LogP contribution in [0.5, 0.6) is 5.75 Å². The highest BCUT2D eigenvalue weighted by molar-refractivity contribution is 5.98. The number of hydrogen-bond acceptors (Lipinski definition) is 2. The van der Waals surface area contributed by atoms with Crippen LogP contribution in [0, 0.1) is 17.8 Å². The van der Waals surface area contributed by atoms with Crippen LogP contribution in [0.15, 0.2) is 18.2 Å². The summed E-state index contributed by atoms with van der Waals surface area (Å²) >= 11 is 0. The van der Waals surface area contributed by atoms with E-state index in [1.807, 2.05) is 12.1 Å². The lowest BCUT2D eigenvalue weighted by Crippen LogP contribution is -2.24. The predicted molar refractivity (Wildman–Crippen MR) is 78.1 cm³/mol. The molecule has 106 valence electrons. The Hall–Kier alpha value is -1.31. The largest absolute Gasteiger partial charge is 0.487 e. The van der Waals surface area contributed by atoms with Gasteiger partial charge in [0.25, 0.3) is 0 Å². The Kier molecular flexibility index (Phi) is 2.55. The number of benzene rings is 1. The predicted octanol–water partition coefficient (Wildman–Crippen LogP) is 4.02. The average molecular weight is 270 g/mol. The van der Waals surface area contributed by atoms with Crippen molar-refractivity contribution in [1.29, 1.82) is 0 Å². The second kappa shape index (κ2) is 4.09. The molecule has 2 aliphatic carbocycles. The molecule has 0 aromatic heterocycles. The molecular weight excluding hydrogens is 248 g/mol. The van der Waals surface area contributed by atoms with Crippen molar-refractivity contribution in [2.45, 2.75) is 51.6 Å². The van der Waals surface area contributed by atoms with Crippen molar-refractivity contribution in [3.8, 4) is 5.75 Å². The molecule has 2 bridgehead atoms. The van der Waals surface area contributed by atoms with Crippen molar-refractivity contribution in [2.24, 2.45) is 17.8 Å². The Morgan fingerprint density at radius 3 is 2.80 bits per heavy atom. The van der Waals surface area contributed by atoms with Crippen LogP contribution in [0.25, 0.3) is 0 Å². The van der Waals surface area contributed by atoms with Gasteiger partial charge in [-0.1, -0.05) is 6.42 Å². The van der Waals surface area contributed by atoms with E-state index in [1.165, 1.54) is 24.8 Å². The summed E-state index contributed by atoms with van der Waals surface area (Å²) in [6.45, 7) is 4.20. The van der Waals surface area contributed by atoms with Crippen molar-refractivity contribution >= 4 is 5.78 Å². The smallest absolute Gasteiger partial charge is 0.166 e. The summed E-state index contributed by atoms with van der Waals surface area (Å²) in [5.41, 5.74) is 1.97. The number of Topliss-reactive ketones (excluding diaryl/α,β-unsaturated/α-hetero) is 1. The Morgan fingerprint density at radius 2 is 2.10 bits per heavy atom. The fourth-order valence-electron chi connectivity index (χ4n) is 4.54. The molecule has 2 nitrogen and oxygen atoms in total. The number of rotatable bonds is 2. The fraction of sp³-hybridized carbons (Fsp3) is 0.611. The number of ether oxygens (including phenoxy) is 1. The highest BCUT2D eigenvalue weighted by Crippen LogP contribution is 2.49. The molecule has 3 atom stereocenters. The van der Waals surface area contributed by atoms with Crippen LogP contribution in [-0.2, 0) is 6.42 Å². The summed E-state index contributed by atoms with van der Waals surface area (Å²) in [6.07, 6.45) is 5.93. The lowest BCUT2D eigenvalue weighted by molar-refractivity contribution is 0.0874. The second-order valence-electron chi connectivity index (χ2n) is 7.51. The van der Waals surface area contributed by atoms with Gasteiger partial charge >= 0.3 is 0 Å². The van der Waals surface area contributed by atoms with Crippen molar-refractivity contribution < 1.29 is 9.53 Å². The Balaban J connectivity index is 1.60. The molecule has 3 aliphatic rings. The van der Waals surface area contributed by atoms with E-state index in [1.54, 1.807) is 0 Å². The van der Waals surface area contributed by atoms with Gasteiger partial charge in [-0.2, -0.15) is 0 Å². The Bertz CT molecular complexity index is 573. The molecule has 4 rings (SSSR count). The number of ketones is 1. The number of carbonyl (C=O) groups excluding carboxylic acids is 1. The van der Waals surface area contributed by atoms with E-state index in [0.717, 1.165) is 30.1 Å². The maximum atomic E-state index is 12.8. The molecule has 2 heteroatoms. The molecule has 2 fully saturated rings. The highest BCUT2D eigenvalue weighted by Gasteiger charge is 2.43. The molecule has 3 unspecified atom stereocenters. The van der Waals surface area contributed by atoms with Gasteiger partial charge in [-0.15, -0.1) is 0 Å². The van der Waals surface area contributed by atoms with Gasteiger partial charge in [0.05, 0.1) is 0 Å². The Labute approximate surface area is 120 Å². The summed E-state index contributed by atoms with van der Waals surface area (Å²) in [7, 11) is 0. The highest BCUT2D eigenvalue weighted by atomic mass is 16.5. The number of carbonyl (C=O) groups is 1. The quantitative estimate of drug-likeness (QED) is 0.759. The van der Waals surface area contributed by atoms with Crippen LogP contribution in [-0.4, -0.2) is 11.4 Å². The van der Waals surface area contributed by atoms with E-state index in [0.29, 0.717) is 17.6 Å². The minimum Gasteiger partial charge on any atom is -0.487 e. The van der Waals surface area contributed by atoms with Gasteiger partial charge in [-0.25, -0.2) is 0 Å². The molecule has 20 heavy (non-hydrogen) atoms. The summed E-state index contributed by atoms with van der Waals surface area (Å²) in [6, 6.07) is 6.04. The number of fused-ring (bicyclic) bond motifs is 3. The molecule has 0 spiro atoms. The van der Waals surface area contributed by atoms with E-state index in [4.69, 9.17) is 4.74 Å². The molecule has 0 saturated heterocycles. The fourth-order valence-corrected chi connectivity index (χ4v) is 4.54. The first-order valence-corrected chi connectivity index (χ1v) is 7.88. The summed E-state index contributed by atoms with van der Waals surface area (Å²) < 4.78 is 5.89. The molecule has 0 radical (unpaired) electrons. The third kappa shape index (κ3) is 1.88. The van der Waals surface area contributed by atoms with Crippen LogP contribution >= 0.6 is 0 Å². The van der Waals surface area contributed by atoms with Gasteiger partial charge in [0, 0.05) is 17.9 Å². The molecule has 1 heterocycles. The van der Waals surface area contributed by atoms with Crippen molar-refractivity contribution in [3.63, 3.8) is 0 Å². The van der Waals surface area contributed by atoms with Gasteiger partial charge in [-0.05, 0) is 68.7 Å². The Morgan fingerprint density at radius 1 is 1.25 bits per heavy atom. The zero-order valence-corrected chi connectivity index (χ0v) is 12.3. The normalized spacial score (nSPS) is 33.0. The standard InChI is InChI=1S/C18H22O2/c1-18(2)10-14-9-13(5-6-16(14)20-18)17(19)15-8-11-3-4-12(15)7-11/h5-6,9,11-12,15H,3-4,7-8,10H2,1-2H3. The first kappa shape index (κ1) is 12.4. The molecule has 1 aromatic rings. The molecule has 2 saturated carbocycles. The van der Waals surface area contributed by atoms with E-state index in [2.05, 4.69) is 19.9 Å². The first-order valence-electron chi connectivity index (χ1n) is 7.88. The van der Waals surface area contributed by atoms with Gasteiger partial charge in [-0.3, -0.25) is 4.79 Å². The summed E-state index contributed by atoms with van der Waals surface area (Å²) in [5, 5.41) is 0. The lowest BCUT2D eigenvalue weighted by atomic mass is 9.83. The lowest BCUT2D eigenvalue weighted by Gasteiger charge is -2.20. The maximum absolute atomic E-state index is 12.8. The van der Waals surface area contributed by atoms with Crippen LogP contribution < -0.4 is 4.74 Å². The summed E-state index contributed by atoms with van der Waals surface area (Å²) in [5.74, 6) is 3.12. The van der Waals surface area contributed by atoms with E-state index in [-0.39, 0.29) is 5.60 Å². The second-order valence-corrected chi connectivity index (χ2v) is 7.51. The first-order chi connectivity index (χ1) is 9.52. The van der Waals surface area contributed by atoms with Crippen LogP contribution in [0.2, 0.25) is 0 Å². The van der Waals surface area contributed by atoms with E-state index < -0.39 is 0 Å². The van der Waals surface area contributed by atoms with Crippen molar-refractivity contribution in [3.05, 3.63) is 29.3 Å².